The van der Waals surface area contributed by atoms with E-state index in [4.69, 9.17) is 16.3 Å². The van der Waals surface area contributed by atoms with E-state index in [0.717, 1.165) is 16.7 Å². The van der Waals surface area contributed by atoms with E-state index in [2.05, 4.69) is 5.32 Å². The third kappa shape index (κ3) is 4.23. The first-order valence-electron chi connectivity index (χ1n) is 7.22. The molecule has 2 aromatic carbocycles. The molecule has 1 amide bonds. The largest absolute Gasteiger partial charge is 0.483 e. The molecule has 2 aromatic rings. The zero-order valence-electron chi connectivity index (χ0n) is 13.6. The number of anilines is 1. The minimum Gasteiger partial charge on any atom is -0.483 e. The lowest BCUT2D eigenvalue weighted by Crippen LogP contribution is -2.20. The van der Waals surface area contributed by atoms with Gasteiger partial charge < -0.3 is 10.1 Å². The number of benzene rings is 2. The number of rotatable bonds is 5. The second-order valence-corrected chi connectivity index (χ2v) is 5.87. The number of nitrogens with one attached hydrogen (secondary N) is 1. The third-order valence-corrected chi connectivity index (χ3v) is 3.89. The van der Waals surface area contributed by atoms with E-state index in [1.807, 2.05) is 32.9 Å². The summed E-state index contributed by atoms with van der Waals surface area (Å²) in [6, 6.07) is 7.74. The highest BCUT2D eigenvalue weighted by atomic mass is 35.5. The SMILES string of the molecule is Cc1cc(C)c(C)c(OCC(=O)Nc2cc([N+](=O)[O-])ccc2Cl)c1. The Kier molecular flexibility index (Phi) is 5.41. The number of nitrogens with zero attached hydrogens (tertiary/aromatic N) is 1. The molecule has 0 atom stereocenters. The fraction of sp³-hybridized carbons (Fsp3) is 0.235. The third-order valence-electron chi connectivity index (χ3n) is 3.56. The van der Waals surface area contributed by atoms with Gasteiger partial charge in [0, 0.05) is 12.1 Å². The van der Waals surface area contributed by atoms with Crippen molar-refractivity contribution in [1.29, 1.82) is 0 Å². The molecule has 7 heteroatoms. The number of non-ortho nitro benzene ring substituents is 1. The van der Waals surface area contributed by atoms with Crippen LogP contribution in [0.25, 0.3) is 0 Å². The smallest absolute Gasteiger partial charge is 0.271 e. The number of halogens is 1. The van der Waals surface area contributed by atoms with E-state index in [1.54, 1.807) is 0 Å². The average Bonchev–Trinajstić information content (AvgIpc) is 2.51. The molecule has 0 aromatic heterocycles. The highest BCUT2D eigenvalue weighted by molar-refractivity contribution is 6.33. The van der Waals surface area contributed by atoms with Crippen LogP contribution in [0.1, 0.15) is 16.7 Å². The fourth-order valence-corrected chi connectivity index (χ4v) is 2.37. The molecule has 0 fully saturated rings. The van der Waals surface area contributed by atoms with Crippen molar-refractivity contribution in [3.8, 4) is 5.75 Å². The van der Waals surface area contributed by atoms with Crippen molar-refractivity contribution >= 4 is 28.9 Å². The molecular weight excluding hydrogens is 332 g/mol. The van der Waals surface area contributed by atoms with Gasteiger partial charge in [-0.25, -0.2) is 0 Å². The molecule has 0 radical (unpaired) electrons. The Balaban J connectivity index is 2.07. The highest BCUT2D eigenvalue weighted by Gasteiger charge is 2.13. The van der Waals surface area contributed by atoms with Crippen molar-refractivity contribution in [3.05, 3.63) is 62.2 Å². The number of nitro groups is 1. The minimum absolute atomic E-state index is 0.152. The topological polar surface area (TPSA) is 81.5 Å². The maximum Gasteiger partial charge on any atom is 0.271 e. The van der Waals surface area contributed by atoms with Gasteiger partial charge in [-0.2, -0.15) is 0 Å². The normalized spacial score (nSPS) is 10.3. The van der Waals surface area contributed by atoms with Crippen molar-refractivity contribution < 1.29 is 14.5 Å². The van der Waals surface area contributed by atoms with E-state index >= 15 is 0 Å². The Bertz CT molecular complexity index is 805. The molecule has 2 rings (SSSR count). The summed E-state index contributed by atoms with van der Waals surface area (Å²) in [6.07, 6.45) is 0. The Morgan fingerprint density at radius 2 is 1.96 bits per heavy atom. The summed E-state index contributed by atoms with van der Waals surface area (Å²) in [5, 5.41) is 13.5. The van der Waals surface area contributed by atoms with Crippen LogP contribution in [-0.4, -0.2) is 17.4 Å². The molecule has 0 saturated heterocycles. The van der Waals surface area contributed by atoms with Crippen LogP contribution in [0.3, 0.4) is 0 Å². The maximum atomic E-state index is 12.0. The summed E-state index contributed by atoms with van der Waals surface area (Å²) in [4.78, 5) is 22.3. The van der Waals surface area contributed by atoms with Gasteiger partial charge in [-0.05, 0) is 49.6 Å². The molecule has 0 aliphatic heterocycles. The number of hydrogen-bond donors (Lipinski definition) is 1. The predicted octanol–water partition coefficient (Wildman–Crippen LogP) is 4.19. The Morgan fingerprint density at radius 1 is 1.25 bits per heavy atom. The number of amides is 1. The predicted molar refractivity (Wildman–Crippen MR) is 92.9 cm³/mol. The first-order valence-corrected chi connectivity index (χ1v) is 7.60. The number of carbonyl (C=O) groups is 1. The summed E-state index contributed by atoms with van der Waals surface area (Å²) in [6.45, 7) is 5.61. The second-order valence-electron chi connectivity index (χ2n) is 5.46. The molecule has 0 bridgehead atoms. The van der Waals surface area contributed by atoms with Crippen LogP contribution in [-0.2, 0) is 4.79 Å². The first-order chi connectivity index (χ1) is 11.3. The van der Waals surface area contributed by atoms with Crippen molar-refractivity contribution in [2.24, 2.45) is 0 Å². The Morgan fingerprint density at radius 3 is 2.62 bits per heavy atom. The molecule has 0 spiro atoms. The monoisotopic (exact) mass is 348 g/mol. The standard InChI is InChI=1S/C17H17ClN2O4/c1-10-6-11(2)12(3)16(7-10)24-9-17(21)19-15-8-13(20(22)23)4-5-14(15)18/h4-8H,9H2,1-3H3,(H,19,21). The van der Waals surface area contributed by atoms with E-state index in [0.29, 0.717) is 5.75 Å². The van der Waals surface area contributed by atoms with Crippen LogP contribution in [0.5, 0.6) is 5.75 Å². The number of ether oxygens (including phenoxy) is 1. The molecule has 6 nitrogen and oxygen atoms in total. The average molecular weight is 349 g/mol. The summed E-state index contributed by atoms with van der Waals surface area (Å²) in [5.74, 6) is 0.184. The molecule has 24 heavy (non-hydrogen) atoms. The number of carbonyl (C=O) groups excluding carboxylic acids is 1. The van der Waals surface area contributed by atoms with Gasteiger partial charge in [-0.3, -0.25) is 14.9 Å². The first kappa shape index (κ1) is 17.7. The molecule has 0 unspecified atom stereocenters. The second kappa shape index (κ2) is 7.31. The van der Waals surface area contributed by atoms with Crippen LogP contribution in [0, 0.1) is 30.9 Å². The maximum absolute atomic E-state index is 12.0. The molecule has 0 aliphatic carbocycles. The van der Waals surface area contributed by atoms with Gasteiger partial charge in [-0.1, -0.05) is 17.7 Å². The van der Waals surface area contributed by atoms with Crippen LogP contribution in [0.15, 0.2) is 30.3 Å². The quantitative estimate of drug-likeness (QED) is 0.648. The van der Waals surface area contributed by atoms with Crippen molar-refractivity contribution in [2.75, 3.05) is 11.9 Å². The molecule has 126 valence electrons. The van der Waals surface area contributed by atoms with Crippen LogP contribution < -0.4 is 10.1 Å². The summed E-state index contributed by atoms with van der Waals surface area (Å²) in [5.41, 5.74) is 3.10. The van der Waals surface area contributed by atoms with Gasteiger partial charge >= 0.3 is 0 Å². The zero-order valence-corrected chi connectivity index (χ0v) is 14.3. The van der Waals surface area contributed by atoms with Gasteiger partial charge in [0.15, 0.2) is 6.61 Å². The molecule has 1 N–H and O–H groups in total. The lowest BCUT2D eigenvalue weighted by Gasteiger charge is -2.13. The summed E-state index contributed by atoms with van der Waals surface area (Å²) in [7, 11) is 0. The van der Waals surface area contributed by atoms with Gasteiger partial charge in [0.25, 0.3) is 11.6 Å². The Labute approximate surface area is 144 Å². The van der Waals surface area contributed by atoms with Gasteiger partial charge in [-0.15, -0.1) is 0 Å². The fourth-order valence-electron chi connectivity index (χ4n) is 2.20. The van der Waals surface area contributed by atoms with Gasteiger partial charge in [0.05, 0.1) is 15.6 Å². The van der Waals surface area contributed by atoms with Crippen molar-refractivity contribution in [3.63, 3.8) is 0 Å². The van der Waals surface area contributed by atoms with Crippen LogP contribution in [0.2, 0.25) is 5.02 Å². The number of hydrogen-bond acceptors (Lipinski definition) is 4. The number of nitro benzene ring substituents is 1. The van der Waals surface area contributed by atoms with E-state index in [1.165, 1.54) is 18.2 Å². The van der Waals surface area contributed by atoms with Crippen LogP contribution >= 0.6 is 11.6 Å². The lowest BCUT2D eigenvalue weighted by molar-refractivity contribution is -0.384. The molecule has 0 heterocycles. The minimum atomic E-state index is -0.554. The number of aryl methyl sites for hydroxylation is 2. The van der Waals surface area contributed by atoms with E-state index in [9.17, 15) is 14.9 Å². The highest BCUT2D eigenvalue weighted by Crippen LogP contribution is 2.27. The van der Waals surface area contributed by atoms with E-state index < -0.39 is 10.8 Å². The van der Waals surface area contributed by atoms with Gasteiger partial charge in [0.2, 0.25) is 0 Å². The Hall–Kier alpha value is -2.60. The molecule has 0 aliphatic rings. The van der Waals surface area contributed by atoms with Gasteiger partial charge in [0.1, 0.15) is 5.75 Å². The lowest BCUT2D eigenvalue weighted by atomic mass is 10.1. The van der Waals surface area contributed by atoms with Crippen molar-refractivity contribution in [2.45, 2.75) is 20.8 Å². The van der Waals surface area contributed by atoms with Crippen LogP contribution in [0.4, 0.5) is 11.4 Å². The zero-order chi connectivity index (χ0) is 17.9. The summed E-state index contributed by atoms with van der Waals surface area (Å²) < 4.78 is 5.56. The molecular formula is C17H17ClN2O4. The summed E-state index contributed by atoms with van der Waals surface area (Å²) >= 11 is 5.95. The van der Waals surface area contributed by atoms with Crippen molar-refractivity contribution in [1.82, 2.24) is 0 Å². The van der Waals surface area contributed by atoms with E-state index in [-0.39, 0.29) is 23.0 Å². The molecule has 0 saturated carbocycles.